The highest BCUT2D eigenvalue weighted by atomic mass is 32.1. The lowest BCUT2D eigenvalue weighted by Crippen LogP contribution is -2.26. The van der Waals surface area contributed by atoms with Gasteiger partial charge in [0.15, 0.2) is 0 Å². The minimum Gasteiger partial charge on any atom is -0.443 e. The average Bonchev–Trinajstić information content (AvgIpc) is 3.13. The second-order valence-corrected chi connectivity index (χ2v) is 7.31. The van der Waals surface area contributed by atoms with Crippen LogP contribution in [0.15, 0.2) is 60.0 Å². The summed E-state index contributed by atoms with van der Waals surface area (Å²) < 4.78 is 5.51. The number of nitro benzene ring substituents is 1. The van der Waals surface area contributed by atoms with E-state index in [4.69, 9.17) is 4.74 Å². The maximum absolute atomic E-state index is 13.0. The number of amides is 1. The number of nitrogens with zero attached hydrogens (tertiary/aromatic N) is 1. The van der Waals surface area contributed by atoms with Gasteiger partial charge in [-0.3, -0.25) is 14.9 Å². The maximum Gasteiger partial charge on any atom is 0.349 e. The summed E-state index contributed by atoms with van der Waals surface area (Å²) in [6, 6.07) is 14.8. The van der Waals surface area contributed by atoms with Crippen LogP contribution < -0.4 is 5.32 Å². The Kier molecular flexibility index (Phi) is 6.04. The molecule has 0 aliphatic carbocycles. The third-order valence-electron chi connectivity index (χ3n) is 4.22. The van der Waals surface area contributed by atoms with Crippen LogP contribution in [0.2, 0.25) is 0 Å². The number of nitrogens with one attached hydrogen (secondary N) is 1. The fraction of sp³-hybridized carbons (Fsp3) is 0.143. The van der Waals surface area contributed by atoms with Crippen molar-refractivity contribution >= 4 is 34.6 Å². The number of hydrogen-bond acceptors (Lipinski definition) is 6. The number of thiophene rings is 1. The summed E-state index contributed by atoms with van der Waals surface area (Å²) in [5.41, 5.74) is 1.71. The summed E-state index contributed by atoms with van der Waals surface area (Å²) in [5, 5.41) is 15.6. The standard InChI is InChI=1S/C21H18N2O5S/c1-13-8-9-16(17(12-13)23(26)27)22-20(24)18(15-6-4-3-5-7-15)28-21(25)19-14(2)10-11-29-19/h3-12,18H,1-2H3,(H,22,24)/t18-/m1/s1. The first-order valence-electron chi connectivity index (χ1n) is 8.72. The Morgan fingerprint density at radius 1 is 1.10 bits per heavy atom. The number of benzene rings is 2. The van der Waals surface area contributed by atoms with E-state index >= 15 is 0 Å². The van der Waals surface area contributed by atoms with E-state index in [1.807, 2.05) is 0 Å². The highest BCUT2D eigenvalue weighted by Gasteiger charge is 2.28. The van der Waals surface area contributed by atoms with Crippen LogP contribution in [0.4, 0.5) is 11.4 Å². The fourth-order valence-corrected chi connectivity index (χ4v) is 3.55. The number of hydrogen-bond donors (Lipinski definition) is 1. The van der Waals surface area contributed by atoms with Gasteiger partial charge >= 0.3 is 5.97 Å². The molecule has 29 heavy (non-hydrogen) atoms. The van der Waals surface area contributed by atoms with E-state index in [0.717, 1.165) is 5.56 Å². The summed E-state index contributed by atoms with van der Waals surface area (Å²) in [7, 11) is 0. The summed E-state index contributed by atoms with van der Waals surface area (Å²) in [6.45, 7) is 3.50. The van der Waals surface area contributed by atoms with Gasteiger partial charge in [-0.1, -0.05) is 36.4 Å². The highest BCUT2D eigenvalue weighted by Crippen LogP contribution is 2.29. The first-order valence-corrected chi connectivity index (χ1v) is 9.60. The molecule has 0 saturated heterocycles. The third-order valence-corrected chi connectivity index (χ3v) is 5.22. The van der Waals surface area contributed by atoms with E-state index < -0.39 is 22.9 Å². The summed E-state index contributed by atoms with van der Waals surface area (Å²) in [5.74, 6) is -1.30. The highest BCUT2D eigenvalue weighted by molar-refractivity contribution is 7.12. The van der Waals surface area contributed by atoms with Gasteiger partial charge < -0.3 is 10.1 Å². The van der Waals surface area contributed by atoms with Crippen molar-refractivity contribution in [2.24, 2.45) is 0 Å². The van der Waals surface area contributed by atoms with Gasteiger partial charge in [0, 0.05) is 11.6 Å². The Morgan fingerprint density at radius 2 is 1.83 bits per heavy atom. The van der Waals surface area contributed by atoms with Gasteiger partial charge in [-0.15, -0.1) is 11.3 Å². The number of esters is 1. The molecule has 0 fully saturated rings. The molecule has 0 radical (unpaired) electrons. The van der Waals surface area contributed by atoms with E-state index in [-0.39, 0.29) is 11.4 Å². The smallest absolute Gasteiger partial charge is 0.349 e. The minimum atomic E-state index is -1.26. The lowest BCUT2D eigenvalue weighted by molar-refractivity contribution is -0.384. The molecule has 1 amide bonds. The number of ether oxygens (including phenoxy) is 1. The van der Waals surface area contributed by atoms with Crippen LogP contribution in [0, 0.1) is 24.0 Å². The van der Waals surface area contributed by atoms with Crippen molar-refractivity contribution in [3.63, 3.8) is 0 Å². The fourth-order valence-electron chi connectivity index (χ4n) is 2.74. The number of aryl methyl sites for hydroxylation is 2. The minimum absolute atomic E-state index is 0.0369. The van der Waals surface area contributed by atoms with Gasteiger partial charge in [-0.05, 0) is 42.5 Å². The molecule has 0 saturated carbocycles. The normalized spacial score (nSPS) is 11.5. The quantitative estimate of drug-likeness (QED) is 0.357. The van der Waals surface area contributed by atoms with E-state index in [1.54, 1.807) is 61.7 Å². The van der Waals surface area contributed by atoms with Crippen molar-refractivity contribution in [2.75, 3.05) is 5.32 Å². The van der Waals surface area contributed by atoms with Gasteiger partial charge in [0.2, 0.25) is 6.10 Å². The SMILES string of the molecule is Cc1ccc(NC(=O)[C@H](OC(=O)c2sccc2C)c2ccccc2)c([N+](=O)[O-])c1. The number of carbonyl (C=O) groups is 2. The Labute approximate surface area is 171 Å². The number of carbonyl (C=O) groups excluding carboxylic acids is 2. The molecule has 3 aromatic rings. The van der Waals surface area contributed by atoms with Crippen LogP contribution in [0.1, 0.15) is 32.5 Å². The first-order chi connectivity index (χ1) is 13.9. The molecule has 2 aromatic carbocycles. The molecule has 1 atom stereocenters. The molecular weight excluding hydrogens is 392 g/mol. The molecule has 0 unspecified atom stereocenters. The molecule has 0 aliphatic rings. The van der Waals surface area contributed by atoms with Crippen molar-refractivity contribution in [3.05, 3.63) is 91.7 Å². The number of anilines is 1. The Hall–Kier alpha value is -3.52. The average molecular weight is 410 g/mol. The second kappa shape index (κ2) is 8.66. The molecule has 0 spiro atoms. The second-order valence-electron chi connectivity index (χ2n) is 6.40. The molecular formula is C21H18N2O5S. The van der Waals surface area contributed by atoms with Gasteiger partial charge in [0.05, 0.1) is 4.92 Å². The zero-order valence-electron chi connectivity index (χ0n) is 15.7. The molecule has 1 aromatic heterocycles. The number of nitro groups is 1. The molecule has 0 bridgehead atoms. The van der Waals surface area contributed by atoms with Crippen molar-refractivity contribution in [1.29, 1.82) is 0 Å². The van der Waals surface area contributed by atoms with Crippen molar-refractivity contribution < 1.29 is 19.2 Å². The predicted octanol–water partition coefficient (Wildman–Crippen LogP) is 4.81. The predicted molar refractivity (Wildman–Crippen MR) is 110 cm³/mol. The van der Waals surface area contributed by atoms with E-state index in [9.17, 15) is 19.7 Å². The molecule has 1 heterocycles. The molecule has 1 N–H and O–H groups in total. The lowest BCUT2D eigenvalue weighted by atomic mass is 10.1. The van der Waals surface area contributed by atoms with E-state index in [0.29, 0.717) is 16.0 Å². The number of rotatable bonds is 6. The first kappa shape index (κ1) is 20.2. The van der Waals surface area contributed by atoms with Crippen molar-refractivity contribution in [1.82, 2.24) is 0 Å². The zero-order valence-corrected chi connectivity index (χ0v) is 16.6. The van der Waals surface area contributed by atoms with E-state index in [2.05, 4.69) is 5.32 Å². The van der Waals surface area contributed by atoms with Crippen LogP contribution in [-0.2, 0) is 9.53 Å². The summed E-state index contributed by atoms with van der Waals surface area (Å²) >= 11 is 1.22. The monoisotopic (exact) mass is 410 g/mol. The van der Waals surface area contributed by atoms with Gasteiger partial charge in [-0.2, -0.15) is 0 Å². The molecule has 7 nitrogen and oxygen atoms in total. The van der Waals surface area contributed by atoms with Crippen LogP contribution in [-0.4, -0.2) is 16.8 Å². The van der Waals surface area contributed by atoms with Crippen LogP contribution in [0.3, 0.4) is 0 Å². The topological polar surface area (TPSA) is 98.5 Å². The van der Waals surface area contributed by atoms with Crippen LogP contribution in [0.5, 0.6) is 0 Å². The Balaban J connectivity index is 1.91. The van der Waals surface area contributed by atoms with E-state index in [1.165, 1.54) is 23.5 Å². The van der Waals surface area contributed by atoms with Gasteiger partial charge in [0.25, 0.3) is 11.6 Å². The van der Waals surface area contributed by atoms with Gasteiger partial charge in [0.1, 0.15) is 10.6 Å². The Bertz CT molecular complexity index is 1060. The van der Waals surface area contributed by atoms with Crippen LogP contribution >= 0.6 is 11.3 Å². The molecule has 3 rings (SSSR count). The summed E-state index contributed by atoms with van der Waals surface area (Å²) in [4.78, 5) is 36.7. The zero-order chi connectivity index (χ0) is 21.0. The van der Waals surface area contributed by atoms with Crippen molar-refractivity contribution in [2.45, 2.75) is 20.0 Å². The van der Waals surface area contributed by atoms with Crippen LogP contribution in [0.25, 0.3) is 0 Å². The molecule has 148 valence electrons. The molecule has 0 aliphatic heterocycles. The maximum atomic E-state index is 13.0. The third kappa shape index (κ3) is 4.67. The lowest BCUT2D eigenvalue weighted by Gasteiger charge is -2.18. The van der Waals surface area contributed by atoms with Crippen molar-refractivity contribution in [3.8, 4) is 0 Å². The largest absolute Gasteiger partial charge is 0.443 e. The Morgan fingerprint density at radius 3 is 2.45 bits per heavy atom. The summed E-state index contributed by atoms with van der Waals surface area (Å²) in [6.07, 6.45) is -1.26. The van der Waals surface area contributed by atoms with Gasteiger partial charge in [-0.25, -0.2) is 4.79 Å². The molecule has 8 heteroatoms.